The van der Waals surface area contributed by atoms with E-state index in [0.29, 0.717) is 16.4 Å². The first kappa shape index (κ1) is 14.9. The number of imidazole rings is 1. The molecule has 110 valence electrons. The minimum Gasteiger partial charge on any atom is -0.480 e. The Balaban J connectivity index is 1.96. The van der Waals surface area contributed by atoms with Gasteiger partial charge in [0, 0.05) is 29.0 Å². The number of carboxylic acid groups (broad SMARTS) is 1. The van der Waals surface area contributed by atoms with Crippen molar-refractivity contribution in [1.29, 1.82) is 0 Å². The fourth-order valence-corrected chi connectivity index (χ4v) is 1.90. The molecule has 0 aliphatic rings. The molecule has 8 heteroatoms. The number of amides is 2. The van der Waals surface area contributed by atoms with Crippen molar-refractivity contribution >= 4 is 29.3 Å². The van der Waals surface area contributed by atoms with Crippen LogP contribution in [0.4, 0.5) is 10.5 Å². The highest BCUT2D eigenvalue weighted by Gasteiger charge is 2.21. The minimum absolute atomic E-state index is 0.109. The molecule has 7 nitrogen and oxygen atoms in total. The van der Waals surface area contributed by atoms with Crippen molar-refractivity contribution < 1.29 is 14.7 Å². The van der Waals surface area contributed by atoms with Crippen LogP contribution >= 0.6 is 11.6 Å². The summed E-state index contributed by atoms with van der Waals surface area (Å²) in [4.78, 5) is 29.6. The number of anilines is 1. The highest BCUT2D eigenvalue weighted by Crippen LogP contribution is 2.14. The number of carboxylic acids is 1. The minimum atomic E-state index is -1.13. The average Bonchev–Trinajstić information content (AvgIpc) is 2.90. The van der Waals surface area contributed by atoms with Gasteiger partial charge in [-0.25, -0.2) is 14.6 Å². The second-order valence-electron chi connectivity index (χ2n) is 4.28. The zero-order valence-corrected chi connectivity index (χ0v) is 11.6. The van der Waals surface area contributed by atoms with Crippen LogP contribution in [0.1, 0.15) is 5.69 Å². The second kappa shape index (κ2) is 6.76. The molecule has 0 aliphatic heterocycles. The molecule has 2 aromatic rings. The van der Waals surface area contributed by atoms with E-state index < -0.39 is 18.0 Å². The SMILES string of the molecule is O=C(Nc1cccc(Cl)c1)N[C@@H](Cc1cnc[nH]1)C(=O)O. The maximum atomic E-state index is 11.8. The van der Waals surface area contributed by atoms with Gasteiger partial charge in [-0.2, -0.15) is 0 Å². The first-order chi connectivity index (χ1) is 10.0. The van der Waals surface area contributed by atoms with E-state index in [1.54, 1.807) is 24.3 Å². The summed E-state index contributed by atoms with van der Waals surface area (Å²) in [5.74, 6) is -1.13. The number of carbonyl (C=O) groups is 2. The van der Waals surface area contributed by atoms with Crippen LogP contribution in [0, 0.1) is 0 Å². The molecule has 1 aromatic heterocycles. The highest BCUT2D eigenvalue weighted by molar-refractivity contribution is 6.30. The van der Waals surface area contributed by atoms with Gasteiger partial charge in [0.2, 0.25) is 0 Å². The summed E-state index contributed by atoms with van der Waals surface area (Å²) in [6.45, 7) is 0. The summed E-state index contributed by atoms with van der Waals surface area (Å²) in [5, 5.41) is 14.5. The number of aliphatic carboxylic acids is 1. The number of benzene rings is 1. The Bertz CT molecular complexity index is 630. The van der Waals surface area contributed by atoms with Crippen molar-refractivity contribution in [3.63, 3.8) is 0 Å². The summed E-state index contributed by atoms with van der Waals surface area (Å²) in [6.07, 6.45) is 3.06. The second-order valence-corrected chi connectivity index (χ2v) is 4.72. The molecule has 21 heavy (non-hydrogen) atoms. The van der Waals surface area contributed by atoms with Gasteiger partial charge in [0.25, 0.3) is 0 Å². The number of nitrogens with zero attached hydrogens (tertiary/aromatic N) is 1. The largest absolute Gasteiger partial charge is 0.480 e. The van der Waals surface area contributed by atoms with Crippen molar-refractivity contribution in [1.82, 2.24) is 15.3 Å². The molecule has 0 unspecified atom stereocenters. The Morgan fingerprint density at radius 3 is 2.86 bits per heavy atom. The molecular formula is C13H13ClN4O3. The normalized spacial score (nSPS) is 11.7. The molecule has 0 radical (unpaired) electrons. The number of H-pyrrole nitrogens is 1. The number of halogens is 1. The van der Waals surface area contributed by atoms with Crippen LogP contribution in [0.25, 0.3) is 0 Å². The van der Waals surface area contributed by atoms with Crippen LogP contribution in [0.2, 0.25) is 5.02 Å². The topological polar surface area (TPSA) is 107 Å². The number of hydrogen-bond donors (Lipinski definition) is 4. The number of carbonyl (C=O) groups excluding carboxylic acids is 1. The maximum absolute atomic E-state index is 11.8. The zero-order valence-electron chi connectivity index (χ0n) is 10.8. The third kappa shape index (κ3) is 4.50. The van der Waals surface area contributed by atoms with Crippen LogP contribution in [-0.2, 0) is 11.2 Å². The molecular weight excluding hydrogens is 296 g/mol. The standard InChI is InChI=1S/C13H13ClN4O3/c14-8-2-1-3-9(4-8)17-13(21)18-11(12(19)20)5-10-6-15-7-16-10/h1-4,6-7,11H,5H2,(H,15,16)(H,19,20)(H2,17,18,21)/t11-/m0/s1. The van der Waals surface area contributed by atoms with E-state index in [0.717, 1.165) is 0 Å². The van der Waals surface area contributed by atoms with E-state index in [1.807, 2.05) is 0 Å². The van der Waals surface area contributed by atoms with Crippen molar-refractivity contribution in [3.05, 3.63) is 47.5 Å². The first-order valence-electron chi connectivity index (χ1n) is 6.08. The quantitative estimate of drug-likeness (QED) is 0.676. The van der Waals surface area contributed by atoms with Crippen LogP contribution in [0.15, 0.2) is 36.8 Å². The molecule has 4 N–H and O–H groups in total. The number of aromatic amines is 1. The van der Waals surface area contributed by atoms with Gasteiger partial charge in [0.15, 0.2) is 0 Å². The predicted molar refractivity (Wildman–Crippen MR) is 77.3 cm³/mol. The van der Waals surface area contributed by atoms with Gasteiger partial charge in [-0.15, -0.1) is 0 Å². The summed E-state index contributed by atoms with van der Waals surface area (Å²) in [6, 6.07) is 4.87. The van der Waals surface area contributed by atoms with Crippen molar-refractivity contribution in [3.8, 4) is 0 Å². The van der Waals surface area contributed by atoms with Crippen molar-refractivity contribution in [2.45, 2.75) is 12.5 Å². The van der Waals surface area contributed by atoms with Crippen LogP contribution in [0.5, 0.6) is 0 Å². The van der Waals surface area contributed by atoms with Gasteiger partial charge in [-0.1, -0.05) is 17.7 Å². The van der Waals surface area contributed by atoms with Gasteiger partial charge >= 0.3 is 12.0 Å². The van der Waals surface area contributed by atoms with Gasteiger partial charge in [0.05, 0.1) is 6.33 Å². The molecule has 0 bridgehead atoms. The van der Waals surface area contributed by atoms with Gasteiger partial charge in [0.1, 0.15) is 6.04 Å². The molecule has 0 saturated heterocycles. The molecule has 0 fully saturated rings. The molecule has 0 aliphatic carbocycles. The van der Waals surface area contributed by atoms with Crippen molar-refractivity contribution in [2.24, 2.45) is 0 Å². The third-order valence-corrected chi connectivity index (χ3v) is 2.90. The summed E-state index contributed by atoms with van der Waals surface area (Å²) in [5.41, 5.74) is 1.09. The monoisotopic (exact) mass is 308 g/mol. The van der Waals surface area contributed by atoms with Gasteiger partial charge in [-0.05, 0) is 18.2 Å². The Morgan fingerprint density at radius 1 is 1.43 bits per heavy atom. The molecule has 1 aromatic carbocycles. The maximum Gasteiger partial charge on any atom is 0.326 e. The van der Waals surface area contributed by atoms with E-state index in [9.17, 15) is 9.59 Å². The Hall–Kier alpha value is -2.54. The smallest absolute Gasteiger partial charge is 0.326 e. The first-order valence-corrected chi connectivity index (χ1v) is 6.45. The third-order valence-electron chi connectivity index (χ3n) is 2.66. The number of aromatic nitrogens is 2. The van der Waals surface area contributed by atoms with E-state index >= 15 is 0 Å². The summed E-state index contributed by atoms with van der Waals surface area (Å²) < 4.78 is 0. The van der Waals surface area contributed by atoms with Crippen LogP contribution in [-0.4, -0.2) is 33.1 Å². The number of urea groups is 1. The van der Waals surface area contributed by atoms with E-state index in [2.05, 4.69) is 20.6 Å². The lowest BCUT2D eigenvalue weighted by molar-refractivity contribution is -0.139. The van der Waals surface area contributed by atoms with E-state index in [1.165, 1.54) is 12.5 Å². The molecule has 0 spiro atoms. The van der Waals surface area contributed by atoms with E-state index in [-0.39, 0.29) is 6.42 Å². The fraction of sp³-hybridized carbons (Fsp3) is 0.154. The zero-order chi connectivity index (χ0) is 15.2. The molecule has 0 saturated carbocycles. The lowest BCUT2D eigenvalue weighted by Crippen LogP contribution is -2.44. The lowest BCUT2D eigenvalue weighted by atomic mass is 10.2. The average molecular weight is 309 g/mol. The van der Waals surface area contributed by atoms with Crippen molar-refractivity contribution in [2.75, 3.05) is 5.32 Å². The molecule has 2 amide bonds. The predicted octanol–water partition coefficient (Wildman–Crippen LogP) is 1.88. The van der Waals surface area contributed by atoms with Gasteiger partial charge < -0.3 is 20.7 Å². The fourth-order valence-electron chi connectivity index (χ4n) is 1.71. The lowest BCUT2D eigenvalue weighted by Gasteiger charge is -2.14. The number of nitrogens with one attached hydrogen (secondary N) is 3. The summed E-state index contributed by atoms with van der Waals surface area (Å²) >= 11 is 5.80. The van der Waals surface area contributed by atoms with E-state index in [4.69, 9.17) is 16.7 Å². The summed E-state index contributed by atoms with van der Waals surface area (Å²) in [7, 11) is 0. The Labute approximate surface area is 125 Å². The van der Waals surface area contributed by atoms with Crippen LogP contribution < -0.4 is 10.6 Å². The Morgan fingerprint density at radius 2 is 2.24 bits per heavy atom. The molecule has 2 rings (SSSR count). The molecule has 1 heterocycles. The Kier molecular flexibility index (Phi) is 4.78. The molecule has 1 atom stereocenters. The number of hydrogen-bond acceptors (Lipinski definition) is 3. The highest BCUT2D eigenvalue weighted by atomic mass is 35.5. The number of rotatable bonds is 5. The van der Waals surface area contributed by atoms with Crippen LogP contribution in [0.3, 0.4) is 0 Å². The van der Waals surface area contributed by atoms with Gasteiger partial charge in [-0.3, -0.25) is 0 Å².